The molecule has 4 aromatic rings. The lowest BCUT2D eigenvalue weighted by Gasteiger charge is -2.12. The zero-order chi connectivity index (χ0) is 23.0. The number of benzene rings is 2. The van der Waals surface area contributed by atoms with Crippen molar-refractivity contribution in [1.82, 2.24) is 24.8 Å². The molecule has 164 valence electrons. The Morgan fingerprint density at radius 1 is 0.906 bits per heavy atom. The highest BCUT2D eigenvalue weighted by atomic mass is 32.2. The van der Waals surface area contributed by atoms with Gasteiger partial charge in [-0.15, -0.1) is 5.10 Å². The predicted octanol–water partition coefficient (Wildman–Crippen LogP) is 5.28. The molecule has 7 heteroatoms. The molecular formula is C25H27N5OS. The summed E-state index contributed by atoms with van der Waals surface area (Å²) < 4.78 is 3.84. The third kappa shape index (κ3) is 4.12. The van der Waals surface area contributed by atoms with E-state index in [1.807, 2.05) is 39.0 Å². The van der Waals surface area contributed by atoms with Crippen molar-refractivity contribution in [2.24, 2.45) is 0 Å². The number of nitrogens with zero attached hydrogens (tertiary/aromatic N) is 5. The number of tetrazole rings is 1. The SMILES string of the molecule is Cc1ccc(-n2nnnc2SCC(=O)c2cc(C)n(-c3ccc(C)c(C)c3)c2C)c(C)c1. The summed E-state index contributed by atoms with van der Waals surface area (Å²) in [5.74, 6) is 0.330. The molecule has 0 radical (unpaired) electrons. The first-order valence-corrected chi connectivity index (χ1v) is 11.5. The first kappa shape index (κ1) is 22.0. The molecule has 0 N–H and O–H groups in total. The molecule has 0 aliphatic heterocycles. The summed E-state index contributed by atoms with van der Waals surface area (Å²) in [5.41, 5.74) is 9.48. The van der Waals surface area contributed by atoms with Crippen LogP contribution < -0.4 is 0 Å². The summed E-state index contributed by atoms with van der Waals surface area (Å²) in [6.07, 6.45) is 0. The van der Waals surface area contributed by atoms with Crippen molar-refractivity contribution in [3.63, 3.8) is 0 Å². The molecule has 2 aromatic carbocycles. The summed E-state index contributed by atoms with van der Waals surface area (Å²) in [4.78, 5) is 13.1. The molecule has 6 nitrogen and oxygen atoms in total. The number of hydrogen-bond acceptors (Lipinski definition) is 5. The number of hydrogen-bond donors (Lipinski definition) is 0. The second-order valence-electron chi connectivity index (χ2n) is 8.26. The molecule has 0 saturated carbocycles. The Labute approximate surface area is 192 Å². The highest BCUT2D eigenvalue weighted by molar-refractivity contribution is 7.99. The van der Waals surface area contributed by atoms with Crippen LogP contribution in [0.15, 0.2) is 47.6 Å². The zero-order valence-corrected chi connectivity index (χ0v) is 20.1. The molecule has 0 saturated heterocycles. The topological polar surface area (TPSA) is 65.6 Å². The van der Waals surface area contributed by atoms with Gasteiger partial charge in [-0.2, -0.15) is 4.68 Å². The summed E-state index contributed by atoms with van der Waals surface area (Å²) in [6, 6.07) is 14.5. The van der Waals surface area contributed by atoms with E-state index in [1.165, 1.54) is 28.5 Å². The van der Waals surface area contributed by atoms with Crippen molar-refractivity contribution in [3.05, 3.63) is 81.7 Å². The second-order valence-corrected chi connectivity index (χ2v) is 9.21. The molecular weight excluding hydrogens is 418 g/mol. The standard InChI is InChI=1S/C25H27N5OS/c1-15-7-10-23(18(4)11-15)30-25(26-27-28-30)32-14-24(31)22-13-19(5)29(20(22)6)21-9-8-16(2)17(3)12-21/h7-13H,14H2,1-6H3. The number of aryl methyl sites for hydroxylation is 5. The van der Waals surface area contributed by atoms with Crippen LogP contribution in [-0.2, 0) is 0 Å². The Hall–Kier alpha value is -3.19. The van der Waals surface area contributed by atoms with E-state index in [4.69, 9.17) is 0 Å². The zero-order valence-electron chi connectivity index (χ0n) is 19.3. The quantitative estimate of drug-likeness (QED) is 0.298. The van der Waals surface area contributed by atoms with Crippen molar-refractivity contribution in [1.29, 1.82) is 0 Å². The highest BCUT2D eigenvalue weighted by Gasteiger charge is 2.19. The first-order chi connectivity index (χ1) is 15.3. The Morgan fingerprint density at radius 3 is 2.41 bits per heavy atom. The van der Waals surface area contributed by atoms with Crippen LogP contribution in [0.5, 0.6) is 0 Å². The molecule has 0 spiro atoms. The number of carbonyl (C=O) groups excluding carboxylic acids is 1. The molecule has 0 atom stereocenters. The van der Waals surface area contributed by atoms with Crippen molar-refractivity contribution in [2.75, 3.05) is 5.75 Å². The third-order valence-electron chi connectivity index (χ3n) is 5.83. The van der Waals surface area contributed by atoms with E-state index in [0.717, 1.165) is 33.9 Å². The molecule has 4 rings (SSSR count). The Balaban J connectivity index is 1.56. The van der Waals surface area contributed by atoms with E-state index >= 15 is 0 Å². The average molecular weight is 446 g/mol. The molecule has 0 fully saturated rings. The second kappa shape index (κ2) is 8.74. The van der Waals surface area contributed by atoms with Gasteiger partial charge in [-0.25, -0.2) is 0 Å². The van der Waals surface area contributed by atoms with E-state index < -0.39 is 0 Å². The Kier molecular flexibility index (Phi) is 6.02. The fourth-order valence-corrected chi connectivity index (χ4v) is 4.75. The van der Waals surface area contributed by atoms with E-state index in [0.29, 0.717) is 5.16 Å². The lowest BCUT2D eigenvalue weighted by atomic mass is 10.1. The van der Waals surface area contributed by atoms with Gasteiger partial charge in [0.25, 0.3) is 0 Å². The molecule has 0 bridgehead atoms. The Morgan fingerprint density at radius 2 is 1.69 bits per heavy atom. The Bertz CT molecular complexity index is 1320. The number of Topliss-reactive ketones (excluding diaryl/α,β-unsaturated/α-hetero) is 1. The van der Waals surface area contributed by atoms with Crippen LogP contribution in [0.1, 0.15) is 44.0 Å². The van der Waals surface area contributed by atoms with E-state index in [1.54, 1.807) is 4.68 Å². The van der Waals surface area contributed by atoms with E-state index in [9.17, 15) is 4.79 Å². The molecule has 2 aromatic heterocycles. The van der Waals surface area contributed by atoms with Gasteiger partial charge in [0.15, 0.2) is 5.78 Å². The minimum absolute atomic E-state index is 0.0633. The minimum atomic E-state index is 0.0633. The lowest BCUT2D eigenvalue weighted by Crippen LogP contribution is -2.07. The van der Waals surface area contributed by atoms with Gasteiger partial charge in [0.1, 0.15) is 0 Å². The minimum Gasteiger partial charge on any atom is -0.318 e. The van der Waals surface area contributed by atoms with Crippen LogP contribution in [0.4, 0.5) is 0 Å². The summed E-state index contributed by atoms with van der Waals surface area (Å²) in [7, 11) is 0. The summed E-state index contributed by atoms with van der Waals surface area (Å²) in [6.45, 7) is 12.3. The normalized spacial score (nSPS) is 11.2. The fourth-order valence-electron chi connectivity index (χ4n) is 3.98. The van der Waals surface area contributed by atoms with Gasteiger partial charge >= 0.3 is 0 Å². The number of rotatable bonds is 6. The molecule has 0 aliphatic carbocycles. The van der Waals surface area contributed by atoms with Crippen molar-refractivity contribution >= 4 is 17.5 Å². The third-order valence-corrected chi connectivity index (χ3v) is 6.75. The van der Waals surface area contributed by atoms with Crippen molar-refractivity contribution < 1.29 is 4.79 Å². The maximum Gasteiger partial charge on any atom is 0.214 e. The van der Waals surface area contributed by atoms with Gasteiger partial charge in [-0.3, -0.25) is 4.79 Å². The van der Waals surface area contributed by atoms with E-state index in [2.05, 4.69) is 65.1 Å². The maximum absolute atomic E-state index is 13.1. The van der Waals surface area contributed by atoms with Crippen LogP contribution in [0.2, 0.25) is 0 Å². The van der Waals surface area contributed by atoms with Gasteiger partial charge in [0.05, 0.1) is 11.4 Å². The molecule has 2 heterocycles. The van der Waals surface area contributed by atoms with Crippen molar-refractivity contribution in [2.45, 2.75) is 46.7 Å². The molecule has 0 unspecified atom stereocenters. The van der Waals surface area contributed by atoms with Crippen LogP contribution in [-0.4, -0.2) is 36.3 Å². The fraction of sp³-hybridized carbons (Fsp3) is 0.280. The maximum atomic E-state index is 13.1. The molecule has 32 heavy (non-hydrogen) atoms. The summed E-state index contributed by atoms with van der Waals surface area (Å²) >= 11 is 1.36. The predicted molar refractivity (Wildman–Crippen MR) is 128 cm³/mol. The lowest BCUT2D eigenvalue weighted by molar-refractivity contribution is 0.102. The number of ketones is 1. The van der Waals surface area contributed by atoms with Gasteiger partial charge < -0.3 is 4.57 Å². The van der Waals surface area contributed by atoms with Gasteiger partial charge in [0, 0.05) is 22.6 Å². The van der Waals surface area contributed by atoms with Gasteiger partial charge in [-0.1, -0.05) is 35.5 Å². The van der Waals surface area contributed by atoms with Gasteiger partial charge in [0.2, 0.25) is 5.16 Å². The van der Waals surface area contributed by atoms with Crippen molar-refractivity contribution in [3.8, 4) is 11.4 Å². The van der Waals surface area contributed by atoms with Crippen LogP contribution in [0.3, 0.4) is 0 Å². The van der Waals surface area contributed by atoms with Crippen LogP contribution >= 0.6 is 11.8 Å². The number of carbonyl (C=O) groups is 1. The highest BCUT2D eigenvalue weighted by Crippen LogP contribution is 2.26. The number of thioether (sulfide) groups is 1. The average Bonchev–Trinajstić information content (AvgIpc) is 3.32. The number of aromatic nitrogens is 5. The molecule has 0 aliphatic rings. The van der Waals surface area contributed by atoms with Gasteiger partial charge in [-0.05, 0) is 92.9 Å². The monoisotopic (exact) mass is 445 g/mol. The smallest absolute Gasteiger partial charge is 0.214 e. The summed E-state index contributed by atoms with van der Waals surface area (Å²) in [5, 5.41) is 12.7. The van der Waals surface area contributed by atoms with E-state index in [-0.39, 0.29) is 11.5 Å². The van der Waals surface area contributed by atoms with Crippen LogP contribution in [0.25, 0.3) is 11.4 Å². The first-order valence-electron chi connectivity index (χ1n) is 10.5. The van der Waals surface area contributed by atoms with Crippen LogP contribution in [0, 0.1) is 41.5 Å². The molecule has 0 amide bonds. The largest absolute Gasteiger partial charge is 0.318 e.